The molecule has 0 saturated heterocycles. The van der Waals surface area contributed by atoms with Crippen LogP contribution in [0.2, 0.25) is 0 Å². The van der Waals surface area contributed by atoms with Crippen molar-refractivity contribution in [2.45, 2.75) is 11.4 Å². The number of carboxylic acid groups (broad SMARTS) is 1. The number of carboxylic acids is 1. The fourth-order valence-electron chi connectivity index (χ4n) is 1.69. The number of aromatic carboxylic acids is 1. The smallest absolute Gasteiger partial charge is 0.335 e. The molecule has 0 aliphatic rings. The van der Waals surface area contributed by atoms with Crippen molar-refractivity contribution in [1.82, 2.24) is 14.3 Å². The molecule has 0 atom stereocenters. The predicted octanol–water partition coefficient (Wildman–Crippen LogP) is 1.69. The quantitative estimate of drug-likeness (QED) is 0.829. The molecule has 0 aliphatic heterocycles. The molecular formula is C12H12BrN3O4S. The van der Waals surface area contributed by atoms with E-state index in [1.54, 1.807) is 6.20 Å². The van der Waals surface area contributed by atoms with Gasteiger partial charge in [0.05, 0.1) is 17.0 Å². The molecule has 112 valence electrons. The van der Waals surface area contributed by atoms with Gasteiger partial charge in [-0.2, -0.15) is 4.31 Å². The van der Waals surface area contributed by atoms with Crippen molar-refractivity contribution in [2.75, 3.05) is 7.05 Å². The van der Waals surface area contributed by atoms with Crippen LogP contribution in [0.15, 0.2) is 40.0 Å². The molecule has 1 heterocycles. The Hall–Kier alpha value is -1.71. The van der Waals surface area contributed by atoms with E-state index in [0.29, 0.717) is 5.82 Å². The van der Waals surface area contributed by atoms with Gasteiger partial charge in [0.2, 0.25) is 10.0 Å². The lowest BCUT2D eigenvalue weighted by molar-refractivity contribution is 0.0696. The highest BCUT2D eigenvalue weighted by Gasteiger charge is 2.24. The van der Waals surface area contributed by atoms with Gasteiger partial charge < -0.3 is 10.1 Å². The van der Waals surface area contributed by atoms with E-state index in [-0.39, 0.29) is 21.5 Å². The molecule has 0 unspecified atom stereocenters. The summed E-state index contributed by atoms with van der Waals surface area (Å²) in [6.07, 6.45) is 3.14. The number of nitrogens with one attached hydrogen (secondary N) is 1. The van der Waals surface area contributed by atoms with Crippen LogP contribution >= 0.6 is 15.9 Å². The Kier molecular flexibility index (Phi) is 4.45. The maximum Gasteiger partial charge on any atom is 0.335 e. The van der Waals surface area contributed by atoms with Crippen LogP contribution in [-0.4, -0.2) is 40.8 Å². The third-order valence-corrected chi connectivity index (χ3v) is 5.57. The Labute approximate surface area is 129 Å². The molecule has 0 aliphatic carbocycles. The number of aromatic nitrogens is 2. The summed E-state index contributed by atoms with van der Waals surface area (Å²) in [5.74, 6) is -0.608. The molecule has 0 amide bonds. The summed E-state index contributed by atoms with van der Waals surface area (Å²) in [6.45, 7) is 0.0858. The molecule has 9 heteroatoms. The van der Waals surface area contributed by atoms with Gasteiger partial charge in [-0.1, -0.05) is 0 Å². The molecule has 0 spiro atoms. The highest BCUT2D eigenvalue weighted by atomic mass is 79.9. The minimum Gasteiger partial charge on any atom is -0.478 e. The van der Waals surface area contributed by atoms with E-state index in [1.165, 1.54) is 31.4 Å². The number of sulfonamides is 1. The number of rotatable bonds is 5. The Morgan fingerprint density at radius 1 is 1.48 bits per heavy atom. The van der Waals surface area contributed by atoms with Crippen LogP contribution in [0.25, 0.3) is 0 Å². The number of nitrogens with zero attached hydrogens (tertiary/aromatic N) is 2. The van der Waals surface area contributed by atoms with E-state index < -0.39 is 16.0 Å². The second-order valence-corrected chi connectivity index (χ2v) is 7.11. The predicted molar refractivity (Wildman–Crippen MR) is 78.3 cm³/mol. The van der Waals surface area contributed by atoms with Crippen LogP contribution in [0.1, 0.15) is 16.2 Å². The average Bonchev–Trinajstić information content (AvgIpc) is 2.90. The summed E-state index contributed by atoms with van der Waals surface area (Å²) in [6, 6.07) is 3.78. The maximum atomic E-state index is 12.5. The number of H-pyrrole nitrogens is 1. The third-order valence-electron chi connectivity index (χ3n) is 2.79. The first-order valence-electron chi connectivity index (χ1n) is 5.80. The lowest BCUT2D eigenvalue weighted by Gasteiger charge is -2.17. The van der Waals surface area contributed by atoms with Gasteiger partial charge in [-0.25, -0.2) is 18.2 Å². The van der Waals surface area contributed by atoms with Crippen LogP contribution in [0.5, 0.6) is 0 Å². The van der Waals surface area contributed by atoms with Gasteiger partial charge >= 0.3 is 5.97 Å². The number of carbonyl (C=O) groups is 1. The topological polar surface area (TPSA) is 103 Å². The second-order valence-electron chi connectivity index (χ2n) is 4.25. The minimum atomic E-state index is -3.75. The summed E-state index contributed by atoms with van der Waals surface area (Å²) in [5.41, 5.74) is 0.00881. The molecule has 2 rings (SSSR count). The van der Waals surface area contributed by atoms with E-state index in [9.17, 15) is 13.2 Å². The minimum absolute atomic E-state index is 0.00144. The van der Waals surface area contributed by atoms with E-state index >= 15 is 0 Å². The van der Waals surface area contributed by atoms with Crippen molar-refractivity contribution in [2.24, 2.45) is 0 Å². The van der Waals surface area contributed by atoms with Gasteiger partial charge in [0.1, 0.15) is 5.82 Å². The van der Waals surface area contributed by atoms with Crippen molar-refractivity contribution < 1.29 is 18.3 Å². The summed E-state index contributed by atoms with van der Waals surface area (Å²) >= 11 is 3.10. The SMILES string of the molecule is CN(Cc1ncc[nH]1)S(=O)(=O)c1ccc(C(=O)O)cc1Br. The van der Waals surface area contributed by atoms with Crippen LogP contribution in [0, 0.1) is 0 Å². The van der Waals surface area contributed by atoms with Gasteiger partial charge in [-0.15, -0.1) is 0 Å². The normalized spacial score (nSPS) is 11.8. The molecule has 0 bridgehead atoms. The summed E-state index contributed by atoms with van der Waals surface area (Å²) in [7, 11) is -2.33. The standard InChI is InChI=1S/C12H12BrN3O4S/c1-16(7-11-14-4-5-15-11)21(19,20)10-3-2-8(12(17)18)6-9(10)13/h2-6H,7H2,1H3,(H,14,15)(H,17,18). The second kappa shape index (κ2) is 5.96. The van der Waals surface area contributed by atoms with Crippen molar-refractivity contribution >= 4 is 31.9 Å². The highest BCUT2D eigenvalue weighted by molar-refractivity contribution is 9.10. The molecule has 2 aromatic rings. The fourth-order valence-corrected chi connectivity index (χ4v) is 3.86. The Morgan fingerprint density at radius 2 is 2.19 bits per heavy atom. The molecular weight excluding hydrogens is 362 g/mol. The summed E-state index contributed by atoms with van der Waals surface area (Å²) in [4.78, 5) is 17.7. The largest absolute Gasteiger partial charge is 0.478 e. The summed E-state index contributed by atoms with van der Waals surface area (Å²) < 4.78 is 26.3. The van der Waals surface area contributed by atoms with Crippen LogP contribution in [0.3, 0.4) is 0 Å². The lowest BCUT2D eigenvalue weighted by atomic mass is 10.2. The first-order chi connectivity index (χ1) is 9.82. The zero-order chi connectivity index (χ0) is 15.6. The van der Waals surface area contributed by atoms with E-state index in [1.807, 2.05) is 0 Å². The number of hydrogen-bond acceptors (Lipinski definition) is 4. The molecule has 0 radical (unpaired) electrons. The van der Waals surface area contributed by atoms with E-state index in [2.05, 4.69) is 25.9 Å². The zero-order valence-electron chi connectivity index (χ0n) is 10.9. The molecule has 1 aromatic carbocycles. The fraction of sp³-hybridized carbons (Fsp3) is 0.167. The zero-order valence-corrected chi connectivity index (χ0v) is 13.3. The molecule has 21 heavy (non-hydrogen) atoms. The molecule has 2 N–H and O–H groups in total. The molecule has 7 nitrogen and oxygen atoms in total. The monoisotopic (exact) mass is 373 g/mol. The van der Waals surface area contributed by atoms with Gasteiger partial charge in [0, 0.05) is 23.9 Å². The van der Waals surface area contributed by atoms with Gasteiger partial charge in [-0.05, 0) is 34.1 Å². The number of aromatic amines is 1. The first-order valence-corrected chi connectivity index (χ1v) is 8.03. The third kappa shape index (κ3) is 3.31. The Morgan fingerprint density at radius 3 is 2.71 bits per heavy atom. The average molecular weight is 374 g/mol. The van der Waals surface area contributed by atoms with Crippen molar-refractivity contribution in [3.63, 3.8) is 0 Å². The van der Waals surface area contributed by atoms with E-state index in [0.717, 1.165) is 4.31 Å². The Bertz CT molecular complexity index is 759. The molecule has 0 fully saturated rings. The first kappa shape index (κ1) is 15.7. The van der Waals surface area contributed by atoms with Crippen molar-refractivity contribution in [3.05, 3.63) is 46.5 Å². The molecule has 1 aromatic heterocycles. The van der Waals surface area contributed by atoms with Gasteiger partial charge in [0.15, 0.2) is 0 Å². The lowest BCUT2D eigenvalue weighted by Crippen LogP contribution is -2.27. The number of imidazole rings is 1. The van der Waals surface area contributed by atoms with Crippen molar-refractivity contribution in [1.29, 1.82) is 0 Å². The van der Waals surface area contributed by atoms with Crippen molar-refractivity contribution in [3.8, 4) is 0 Å². The summed E-state index contributed by atoms with van der Waals surface area (Å²) in [5, 5.41) is 8.89. The Balaban J connectivity index is 2.33. The van der Waals surface area contributed by atoms with Gasteiger partial charge in [-0.3, -0.25) is 0 Å². The maximum absolute atomic E-state index is 12.5. The number of benzene rings is 1. The van der Waals surface area contributed by atoms with E-state index in [4.69, 9.17) is 5.11 Å². The van der Waals surface area contributed by atoms with Crippen LogP contribution in [-0.2, 0) is 16.6 Å². The number of halogens is 1. The highest BCUT2D eigenvalue weighted by Crippen LogP contribution is 2.26. The molecule has 0 saturated carbocycles. The number of hydrogen-bond donors (Lipinski definition) is 2. The van der Waals surface area contributed by atoms with Crippen LogP contribution < -0.4 is 0 Å². The van der Waals surface area contributed by atoms with Crippen LogP contribution in [0.4, 0.5) is 0 Å². The van der Waals surface area contributed by atoms with Gasteiger partial charge in [0.25, 0.3) is 0 Å².